The van der Waals surface area contributed by atoms with Gasteiger partial charge in [-0.15, -0.1) is 0 Å². The molecule has 4 fully saturated rings. The zero-order valence-corrected chi connectivity index (χ0v) is 23.0. The third-order valence-corrected chi connectivity index (χ3v) is 11.7. The third-order valence-electron chi connectivity index (χ3n) is 11.7. The molecule has 35 heavy (non-hydrogen) atoms. The fourth-order valence-electron chi connectivity index (χ4n) is 9.86. The second-order valence-corrected chi connectivity index (χ2v) is 13.0. The maximum atomic E-state index is 11.8. The molecule has 1 amide bonds. The number of nitrogens with zero attached hydrogens (tertiary/aromatic N) is 1. The van der Waals surface area contributed by atoms with Crippen molar-refractivity contribution in [1.29, 1.82) is 0 Å². The molecule has 0 unspecified atom stereocenters. The predicted molar refractivity (Wildman–Crippen MR) is 136 cm³/mol. The predicted octanol–water partition coefficient (Wildman–Crippen LogP) is 5.66. The minimum Gasteiger partial charge on any atom is -0.448 e. The summed E-state index contributed by atoms with van der Waals surface area (Å²) in [5.41, 5.74) is 0.540. The minimum absolute atomic E-state index is 0.189. The molecule has 202 valence electrons. The molecule has 0 heterocycles. The summed E-state index contributed by atoms with van der Waals surface area (Å²) < 4.78 is 5.33. The van der Waals surface area contributed by atoms with Crippen LogP contribution < -0.4 is 0 Å². The first kappa shape index (κ1) is 27.2. The van der Waals surface area contributed by atoms with E-state index in [4.69, 9.17) is 9.57 Å². The molecule has 4 aliphatic rings. The van der Waals surface area contributed by atoms with E-state index in [-0.39, 0.29) is 23.0 Å². The summed E-state index contributed by atoms with van der Waals surface area (Å²) in [6.45, 7) is 10.1. The summed E-state index contributed by atoms with van der Waals surface area (Å²) in [7, 11) is 3.01. The second kappa shape index (κ2) is 10.5. The van der Waals surface area contributed by atoms with Crippen LogP contribution in [0, 0.1) is 52.3 Å². The van der Waals surface area contributed by atoms with Crippen molar-refractivity contribution in [3.63, 3.8) is 0 Å². The van der Waals surface area contributed by atoms with Crippen molar-refractivity contribution in [2.75, 3.05) is 20.8 Å². The van der Waals surface area contributed by atoms with Gasteiger partial charge in [0.05, 0.1) is 25.9 Å². The van der Waals surface area contributed by atoms with Crippen molar-refractivity contribution in [1.82, 2.24) is 5.06 Å². The number of hydrogen-bond acceptors (Lipinski definition) is 5. The van der Waals surface area contributed by atoms with E-state index in [0.717, 1.165) is 43.6 Å². The lowest BCUT2D eigenvalue weighted by Crippen LogP contribution is -2.62. The summed E-state index contributed by atoms with van der Waals surface area (Å²) in [5, 5.41) is 23.4. The van der Waals surface area contributed by atoms with Gasteiger partial charge >= 0.3 is 6.09 Å². The minimum atomic E-state index is -0.440. The molecule has 4 saturated carbocycles. The zero-order chi connectivity index (χ0) is 25.5. The van der Waals surface area contributed by atoms with Crippen LogP contribution in [0.5, 0.6) is 0 Å². The van der Waals surface area contributed by atoms with Crippen LogP contribution in [-0.2, 0) is 9.57 Å². The quantitative estimate of drug-likeness (QED) is 0.353. The van der Waals surface area contributed by atoms with E-state index in [2.05, 4.69) is 27.7 Å². The standard InChI is InChI=1S/C29H51NO5/c1-7-20-24-17-19(31)12-14-29(24,4)23-13-15-28(3)21(10-11-22(28)25(23)26(20)32)18(2)9-8-16-35-27(33)30(5)34-6/h18-26,31-32H,7-17H2,1-6H3/t18-,19-,20-,21-,22+,23+,24+,25+,26-,28-,29-/m1/s1. The van der Waals surface area contributed by atoms with E-state index in [1.165, 1.54) is 32.8 Å². The average molecular weight is 494 g/mol. The molecular weight excluding hydrogens is 442 g/mol. The van der Waals surface area contributed by atoms with Crippen molar-refractivity contribution in [3.8, 4) is 0 Å². The Balaban J connectivity index is 1.44. The van der Waals surface area contributed by atoms with Crippen LogP contribution in [0.1, 0.15) is 91.9 Å². The highest BCUT2D eigenvalue weighted by molar-refractivity contribution is 5.65. The Morgan fingerprint density at radius 3 is 2.43 bits per heavy atom. The molecule has 6 heteroatoms. The maximum Gasteiger partial charge on any atom is 0.433 e. The molecule has 0 spiro atoms. The molecule has 0 aromatic carbocycles. The molecule has 0 saturated heterocycles. The second-order valence-electron chi connectivity index (χ2n) is 13.0. The van der Waals surface area contributed by atoms with Gasteiger partial charge < -0.3 is 14.9 Å². The molecule has 0 aliphatic heterocycles. The number of hydroxylamine groups is 2. The van der Waals surface area contributed by atoms with Crippen LogP contribution in [0.25, 0.3) is 0 Å². The smallest absolute Gasteiger partial charge is 0.433 e. The summed E-state index contributed by atoms with van der Waals surface area (Å²) in [5.74, 6) is 3.59. The number of carbonyl (C=O) groups excluding carboxylic acids is 1. The Kier molecular flexibility index (Phi) is 8.15. The number of carbonyl (C=O) groups is 1. The number of fused-ring (bicyclic) bond motifs is 5. The maximum absolute atomic E-state index is 11.8. The van der Waals surface area contributed by atoms with E-state index in [0.29, 0.717) is 48.0 Å². The summed E-state index contributed by atoms with van der Waals surface area (Å²) in [6.07, 6.45) is 9.96. The first-order valence-electron chi connectivity index (χ1n) is 14.4. The SMILES string of the molecule is CC[C@H]1[C@@H](O)[C@@H]2[C@H](CC[C@]3(C)[C@@H]([C@H](C)CCCOC(=O)N(C)OC)CC[C@@H]23)[C@@]2(C)CC[C@@H](O)C[C@@H]12. The fraction of sp³-hybridized carbons (Fsp3) is 0.966. The summed E-state index contributed by atoms with van der Waals surface area (Å²) >= 11 is 0. The number of rotatable bonds is 7. The van der Waals surface area contributed by atoms with Crippen molar-refractivity contribution in [2.45, 2.75) is 104 Å². The monoisotopic (exact) mass is 493 g/mol. The molecule has 6 nitrogen and oxygen atoms in total. The van der Waals surface area contributed by atoms with Crippen LogP contribution in [0.4, 0.5) is 4.79 Å². The molecule has 2 N–H and O–H groups in total. The van der Waals surface area contributed by atoms with Crippen LogP contribution in [0.15, 0.2) is 0 Å². The molecule has 0 bridgehead atoms. The normalized spacial score (nSPS) is 45.7. The molecule has 0 aromatic heterocycles. The number of aliphatic hydroxyl groups excluding tert-OH is 2. The largest absolute Gasteiger partial charge is 0.448 e. The van der Waals surface area contributed by atoms with Crippen molar-refractivity contribution >= 4 is 6.09 Å². The summed E-state index contributed by atoms with van der Waals surface area (Å²) in [4.78, 5) is 16.7. The molecular formula is C29H51NO5. The first-order chi connectivity index (χ1) is 16.6. The van der Waals surface area contributed by atoms with Gasteiger partial charge in [0.2, 0.25) is 0 Å². The lowest BCUT2D eigenvalue weighted by molar-refractivity contribution is -0.203. The topological polar surface area (TPSA) is 79.2 Å². The van der Waals surface area contributed by atoms with E-state index in [1.807, 2.05) is 0 Å². The van der Waals surface area contributed by atoms with Gasteiger partial charge in [0.1, 0.15) is 0 Å². The van der Waals surface area contributed by atoms with Gasteiger partial charge in [0, 0.05) is 7.05 Å². The van der Waals surface area contributed by atoms with Crippen molar-refractivity contribution < 1.29 is 24.6 Å². The van der Waals surface area contributed by atoms with E-state index >= 15 is 0 Å². The third kappa shape index (κ3) is 4.65. The average Bonchev–Trinajstić information content (AvgIpc) is 3.19. The van der Waals surface area contributed by atoms with Gasteiger partial charge in [-0.25, -0.2) is 4.79 Å². The lowest BCUT2D eigenvalue weighted by Gasteiger charge is -2.64. The Hall–Kier alpha value is -0.850. The van der Waals surface area contributed by atoms with Crippen LogP contribution >= 0.6 is 0 Å². The lowest BCUT2D eigenvalue weighted by atomic mass is 9.41. The van der Waals surface area contributed by atoms with E-state index in [1.54, 1.807) is 7.05 Å². The Bertz CT molecular complexity index is 747. The van der Waals surface area contributed by atoms with Crippen LogP contribution in [0.2, 0.25) is 0 Å². The van der Waals surface area contributed by atoms with Crippen LogP contribution in [-0.4, -0.2) is 54.3 Å². The van der Waals surface area contributed by atoms with Crippen molar-refractivity contribution in [2.24, 2.45) is 52.3 Å². The Labute approximate surface area is 213 Å². The molecule has 4 aliphatic carbocycles. The molecule has 4 rings (SSSR count). The highest BCUT2D eigenvalue weighted by Gasteiger charge is 2.64. The van der Waals surface area contributed by atoms with Gasteiger partial charge in [-0.05, 0) is 110 Å². The fourth-order valence-corrected chi connectivity index (χ4v) is 9.86. The number of amides is 1. The number of ether oxygens (including phenoxy) is 1. The number of aliphatic hydroxyl groups is 2. The molecule has 11 atom stereocenters. The highest BCUT2D eigenvalue weighted by atomic mass is 16.7. The van der Waals surface area contributed by atoms with E-state index in [9.17, 15) is 15.0 Å². The van der Waals surface area contributed by atoms with Gasteiger partial charge in [-0.1, -0.05) is 34.1 Å². The van der Waals surface area contributed by atoms with Crippen LogP contribution in [0.3, 0.4) is 0 Å². The molecule has 0 radical (unpaired) electrons. The zero-order valence-electron chi connectivity index (χ0n) is 23.0. The highest BCUT2D eigenvalue weighted by Crippen LogP contribution is 2.69. The van der Waals surface area contributed by atoms with Gasteiger partial charge in [-0.2, -0.15) is 5.06 Å². The van der Waals surface area contributed by atoms with Gasteiger partial charge in [-0.3, -0.25) is 4.84 Å². The molecule has 0 aromatic rings. The number of hydrogen-bond donors (Lipinski definition) is 2. The Morgan fingerprint density at radius 2 is 1.74 bits per heavy atom. The van der Waals surface area contributed by atoms with Gasteiger partial charge in [0.15, 0.2) is 0 Å². The van der Waals surface area contributed by atoms with E-state index < -0.39 is 6.09 Å². The first-order valence-corrected chi connectivity index (χ1v) is 14.4. The Morgan fingerprint density at radius 1 is 1.06 bits per heavy atom. The van der Waals surface area contributed by atoms with Gasteiger partial charge in [0.25, 0.3) is 0 Å². The summed E-state index contributed by atoms with van der Waals surface area (Å²) in [6, 6.07) is 0. The van der Waals surface area contributed by atoms with Crippen molar-refractivity contribution in [3.05, 3.63) is 0 Å².